The summed E-state index contributed by atoms with van der Waals surface area (Å²) in [5, 5.41) is 10.9. The molecule has 1 aromatic rings. The van der Waals surface area contributed by atoms with Gasteiger partial charge in [0.2, 0.25) is 0 Å². The molecule has 0 bridgehead atoms. The van der Waals surface area contributed by atoms with E-state index in [1.165, 1.54) is 16.7 Å². The second-order valence-electron chi connectivity index (χ2n) is 7.48. The van der Waals surface area contributed by atoms with Gasteiger partial charge in [-0.3, -0.25) is 0 Å². The zero-order chi connectivity index (χ0) is 15.0. The minimum absolute atomic E-state index is 0.0313. The number of hydrogen-bond acceptors (Lipinski definition) is 2. The molecule has 2 heteroatoms. The van der Waals surface area contributed by atoms with Crippen LogP contribution in [0.2, 0.25) is 0 Å². The number of aliphatic hydroxyl groups excluding tert-OH is 1. The van der Waals surface area contributed by atoms with E-state index >= 15 is 0 Å². The summed E-state index contributed by atoms with van der Waals surface area (Å²) in [6, 6.07) is 6.66. The zero-order valence-electron chi connectivity index (χ0n) is 13.4. The van der Waals surface area contributed by atoms with Crippen LogP contribution in [0.5, 0.6) is 0 Å². The van der Waals surface area contributed by atoms with E-state index in [2.05, 4.69) is 45.9 Å². The Bertz CT molecular complexity index is 460. The Morgan fingerprint density at radius 2 is 1.75 bits per heavy atom. The van der Waals surface area contributed by atoms with Gasteiger partial charge in [0.25, 0.3) is 0 Å². The van der Waals surface area contributed by atoms with Gasteiger partial charge in [-0.2, -0.15) is 0 Å². The number of aryl methyl sites for hydroxylation is 2. The molecule has 1 aromatic carbocycles. The highest BCUT2D eigenvalue weighted by molar-refractivity contribution is 5.30. The van der Waals surface area contributed by atoms with Crippen LogP contribution in [0, 0.1) is 24.7 Å². The third-order valence-electron chi connectivity index (χ3n) is 5.06. The lowest BCUT2D eigenvalue weighted by Crippen LogP contribution is -2.53. The summed E-state index contributed by atoms with van der Waals surface area (Å²) in [4.78, 5) is 0. The quantitative estimate of drug-likeness (QED) is 0.888. The first-order chi connectivity index (χ1) is 9.29. The molecule has 20 heavy (non-hydrogen) atoms. The third-order valence-corrected chi connectivity index (χ3v) is 5.06. The van der Waals surface area contributed by atoms with E-state index in [0.29, 0.717) is 6.54 Å². The predicted molar refractivity (Wildman–Crippen MR) is 84.7 cm³/mol. The van der Waals surface area contributed by atoms with Crippen LogP contribution in [-0.4, -0.2) is 17.8 Å². The largest absolute Gasteiger partial charge is 0.392 e. The maximum absolute atomic E-state index is 10.9. The second-order valence-corrected chi connectivity index (χ2v) is 7.48. The van der Waals surface area contributed by atoms with Gasteiger partial charge in [0, 0.05) is 12.0 Å². The minimum Gasteiger partial charge on any atom is -0.392 e. The normalized spacial score (nSPS) is 29.4. The van der Waals surface area contributed by atoms with Crippen LogP contribution >= 0.6 is 0 Å². The monoisotopic (exact) mass is 275 g/mol. The van der Waals surface area contributed by atoms with Crippen LogP contribution in [-0.2, 0) is 6.42 Å². The molecule has 0 aromatic heterocycles. The Labute approximate surface area is 123 Å². The van der Waals surface area contributed by atoms with Crippen molar-refractivity contribution in [2.24, 2.45) is 16.6 Å². The van der Waals surface area contributed by atoms with Crippen LogP contribution in [0.4, 0.5) is 0 Å². The summed E-state index contributed by atoms with van der Waals surface area (Å²) in [5.74, 6) is 0. The van der Waals surface area contributed by atoms with Gasteiger partial charge in [-0.05, 0) is 44.1 Å². The van der Waals surface area contributed by atoms with E-state index in [1.54, 1.807) is 0 Å². The van der Waals surface area contributed by atoms with Crippen molar-refractivity contribution in [1.82, 2.24) is 0 Å². The average molecular weight is 275 g/mol. The van der Waals surface area contributed by atoms with Crippen molar-refractivity contribution < 1.29 is 5.11 Å². The van der Waals surface area contributed by atoms with E-state index in [0.717, 1.165) is 25.7 Å². The van der Waals surface area contributed by atoms with Crippen molar-refractivity contribution in [2.45, 2.75) is 59.5 Å². The lowest BCUT2D eigenvalue weighted by molar-refractivity contribution is -0.0884. The van der Waals surface area contributed by atoms with Crippen molar-refractivity contribution in [3.63, 3.8) is 0 Å². The molecule has 112 valence electrons. The molecule has 1 aliphatic rings. The van der Waals surface area contributed by atoms with Crippen molar-refractivity contribution >= 4 is 0 Å². The van der Waals surface area contributed by atoms with Gasteiger partial charge < -0.3 is 10.8 Å². The molecular weight excluding hydrogens is 246 g/mol. The Morgan fingerprint density at radius 1 is 1.15 bits per heavy atom. The third kappa shape index (κ3) is 2.91. The Balaban J connectivity index is 2.31. The van der Waals surface area contributed by atoms with Crippen LogP contribution < -0.4 is 5.73 Å². The molecule has 0 spiro atoms. The smallest absolute Gasteiger partial charge is 0.0662 e. The van der Waals surface area contributed by atoms with Crippen LogP contribution in [0.25, 0.3) is 0 Å². The SMILES string of the molecule is Cc1cc(C)cc(CC2(CN)CCCC(C)(C)C2O)c1. The standard InChI is InChI=1S/C18H29NO/c1-13-8-14(2)10-15(9-13)11-18(12-19)7-5-6-17(3,4)16(18)20/h8-10,16,20H,5-7,11-12,19H2,1-4H3. The fourth-order valence-corrected chi connectivity index (χ4v) is 4.05. The molecular formula is C18H29NO. The Kier molecular flexibility index (Phi) is 4.27. The molecule has 0 saturated heterocycles. The van der Waals surface area contributed by atoms with E-state index in [1.807, 2.05) is 0 Å². The maximum atomic E-state index is 10.9. The molecule has 0 aliphatic heterocycles. The molecule has 1 fully saturated rings. The van der Waals surface area contributed by atoms with Gasteiger partial charge in [-0.15, -0.1) is 0 Å². The summed E-state index contributed by atoms with van der Waals surface area (Å²) < 4.78 is 0. The molecule has 0 radical (unpaired) electrons. The topological polar surface area (TPSA) is 46.2 Å². The van der Waals surface area contributed by atoms with E-state index in [9.17, 15) is 5.11 Å². The highest BCUT2D eigenvalue weighted by Gasteiger charge is 2.47. The number of rotatable bonds is 3. The molecule has 2 unspecified atom stereocenters. The van der Waals surface area contributed by atoms with E-state index < -0.39 is 0 Å². The van der Waals surface area contributed by atoms with Crippen LogP contribution in [0.15, 0.2) is 18.2 Å². The molecule has 2 atom stereocenters. The van der Waals surface area contributed by atoms with Crippen LogP contribution in [0.3, 0.4) is 0 Å². The molecule has 2 nitrogen and oxygen atoms in total. The number of benzene rings is 1. The summed E-state index contributed by atoms with van der Waals surface area (Å²) in [6.45, 7) is 9.16. The van der Waals surface area contributed by atoms with Crippen molar-refractivity contribution in [3.05, 3.63) is 34.9 Å². The molecule has 0 heterocycles. The fraction of sp³-hybridized carbons (Fsp3) is 0.667. The van der Waals surface area contributed by atoms with Gasteiger partial charge in [-0.25, -0.2) is 0 Å². The molecule has 0 amide bonds. The first-order valence-electron chi connectivity index (χ1n) is 7.74. The second kappa shape index (κ2) is 5.50. The number of aliphatic hydroxyl groups is 1. The maximum Gasteiger partial charge on any atom is 0.0662 e. The van der Waals surface area contributed by atoms with Crippen LogP contribution in [0.1, 0.15) is 49.8 Å². The van der Waals surface area contributed by atoms with E-state index in [4.69, 9.17) is 5.73 Å². The van der Waals surface area contributed by atoms with Gasteiger partial charge in [0.1, 0.15) is 0 Å². The fourth-order valence-electron chi connectivity index (χ4n) is 4.05. The molecule has 1 saturated carbocycles. The Morgan fingerprint density at radius 3 is 2.30 bits per heavy atom. The molecule has 2 rings (SSSR count). The van der Waals surface area contributed by atoms with Crippen molar-refractivity contribution in [2.75, 3.05) is 6.54 Å². The highest BCUT2D eigenvalue weighted by atomic mass is 16.3. The van der Waals surface area contributed by atoms with Crippen molar-refractivity contribution in [1.29, 1.82) is 0 Å². The first kappa shape index (κ1) is 15.5. The summed E-state index contributed by atoms with van der Waals surface area (Å²) in [5.41, 5.74) is 9.80. The molecule has 3 N–H and O–H groups in total. The molecule has 1 aliphatic carbocycles. The van der Waals surface area contributed by atoms with Gasteiger partial charge in [0.05, 0.1) is 6.10 Å². The van der Waals surface area contributed by atoms with E-state index in [-0.39, 0.29) is 16.9 Å². The van der Waals surface area contributed by atoms with Gasteiger partial charge >= 0.3 is 0 Å². The summed E-state index contributed by atoms with van der Waals surface area (Å²) in [7, 11) is 0. The highest BCUT2D eigenvalue weighted by Crippen LogP contribution is 2.47. The van der Waals surface area contributed by atoms with Crippen molar-refractivity contribution in [3.8, 4) is 0 Å². The lowest BCUT2D eigenvalue weighted by Gasteiger charge is -2.49. The average Bonchev–Trinajstić information content (AvgIpc) is 2.34. The minimum atomic E-state index is -0.324. The first-order valence-corrected chi connectivity index (χ1v) is 7.74. The summed E-state index contributed by atoms with van der Waals surface area (Å²) in [6.07, 6.45) is 3.83. The van der Waals surface area contributed by atoms with Gasteiger partial charge in [-0.1, -0.05) is 49.6 Å². The summed E-state index contributed by atoms with van der Waals surface area (Å²) >= 11 is 0. The lowest BCUT2D eigenvalue weighted by atomic mass is 9.59. The number of hydrogen-bond donors (Lipinski definition) is 2. The number of nitrogens with two attached hydrogens (primary N) is 1. The predicted octanol–water partition coefficient (Wildman–Crippen LogP) is 3.36. The zero-order valence-corrected chi connectivity index (χ0v) is 13.4. The van der Waals surface area contributed by atoms with Gasteiger partial charge in [0.15, 0.2) is 0 Å². The Hall–Kier alpha value is -0.860.